The number of furan rings is 1. The number of rotatable bonds is 5. The fourth-order valence-electron chi connectivity index (χ4n) is 3.08. The minimum Gasteiger partial charge on any atom is -0.485 e. The van der Waals surface area contributed by atoms with Gasteiger partial charge >= 0.3 is 5.97 Å². The molecule has 30 heavy (non-hydrogen) atoms. The number of hydrogen-bond donors (Lipinski definition) is 1. The van der Waals surface area contributed by atoms with Crippen molar-refractivity contribution in [2.45, 2.75) is 19.4 Å². The third-order valence-corrected chi connectivity index (χ3v) is 4.57. The van der Waals surface area contributed by atoms with E-state index < -0.39 is 30.5 Å². The van der Waals surface area contributed by atoms with Gasteiger partial charge < -0.3 is 18.6 Å². The van der Waals surface area contributed by atoms with Crippen LogP contribution in [0.4, 0.5) is 0 Å². The van der Waals surface area contributed by atoms with Crippen LogP contribution in [0.2, 0.25) is 0 Å². The molecule has 0 fully saturated rings. The van der Waals surface area contributed by atoms with Gasteiger partial charge in [-0.05, 0) is 30.7 Å². The number of amides is 2. The standard InChI is InChI=1S/C22H19NO7/c1-13-6-7-15-14(10-27-18(15)8-13)9-21(25)29-12-20(24)23-22(26)19-11-28-16-4-2-3-5-17(16)30-19/h2-8,10,19H,9,11-12H2,1H3,(H,23,24,26)/t19-/m1/s1. The van der Waals surface area contributed by atoms with Crippen molar-refractivity contribution < 1.29 is 33.0 Å². The van der Waals surface area contributed by atoms with Gasteiger partial charge in [0, 0.05) is 10.9 Å². The summed E-state index contributed by atoms with van der Waals surface area (Å²) in [6, 6.07) is 12.6. The number of carbonyl (C=O) groups is 3. The van der Waals surface area contributed by atoms with Crippen LogP contribution in [-0.2, 0) is 25.5 Å². The largest absolute Gasteiger partial charge is 0.485 e. The average Bonchev–Trinajstić information content (AvgIpc) is 3.13. The van der Waals surface area contributed by atoms with Crippen molar-refractivity contribution in [2.75, 3.05) is 13.2 Å². The van der Waals surface area contributed by atoms with Crippen molar-refractivity contribution >= 4 is 28.8 Å². The predicted molar refractivity (Wildman–Crippen MR) is 105 cm³/mol. The molecule has 8 nitrogen and oxygen atoms in total. The highest BCUT2D eigenvalue weighted by Crippen LogP contribution is 2.30. The van der Waals surface area contributed by atoms with Gasteiger partial charge in [0.05, 0.1) is 12.7 Å². The van der Waals surface area contributed by atoms with E-state index >= 15 is 0 Å². The summed E-state index contributed by atoms with van der Waals surface area (Å²) >= 11 is 0. The zero-order valence-electron chi connectivity index (χ0n) is 16.2. The second kappa shape index (κ2) is 8.28. The zero-order chi connectivity index (χ0) is 21.1. The van der Waals surface area contributed by atoms with Crippen LogP contribution in [0.5, 0.6) is 11.5 Å². The van der Waals surface area contributed by atoms with Crippen molar-refractivity contribution in [1.29, 1.82) is 0 Å². The van der Waals surface area contributed by atoms with Crippen molar-refractivity contribution in [3.05, 3.63) is 59.9 Å². The highest BCUT2D eigenvalue weighted by molar-refractivity contribution is 5.98. The second-order valence-corrected chi connectivity index (χ2v) is 6.87. The molecule has 1 aromatic heterocycles. The molecule has 0 bridgehead atoms. The van der Waals surface area contributed by atoms with Gasteiger partial charge in [-0.2, -0.15) is 0 Å². The summed E-state index contributed by atoms with van der Waals surface area (Å²) in [4.78, 5) is 36.3. The first-order chi connectivity index (χ1) is 14.5. The predicted octanol–water partition coefficient (Wildman–Crippen LogP) is 2.31. The van der Waals surface area contributed by atoms with Crippen LogP contribution in [0, 0.1) is 6.92 Å². The maximum atomic E-state index is 12.2. The van der Waals surface area contributed by atoms with Crippen molar-refractivity contribution in [3.8, 4) is 11.5 Å². The van der Waals surface area contributed by atoms with Gasteiger partial charge in [-0.3, -0.25) is 19.7 Å². The van der Waals surface area contributed by atoms with Crippen molar-refractivity contribution in [3.63, 3.8) is 0 Å². The number of hydrogen-bond acceptors (Lipinski definition) is 7. The van der Waals surface area contributed by atoms with E-state index in [1.54, 1.807) is 24.3 Å². The van der Waals surface area contributed by atoms with Gasteiger partial charge in [0.2, 0.25) is 6.10 Å². The molecule has 1 N–H and O–H groups in total. The summed E-state index contributed by atoms with van der Waals surface area (Å²) in [5, 5.41) is 2.96. The molecule has 0 unspecified atom stereocenters. The number of aryl methyl sites for hydroxylation is 1. The Kier molecular flexibility index (Phi) is 5.38. The van der Waals surface area contributed by atoms with E-state index in [0.717, 1.165) is 10.9 Å². The summed E-state index contributed by atoms with van der Waals surface area (Å²) < 4.78 is 21.4. The molecule has 1 aliphatic rings. The lowest BCUT2D eigenvalue weighted by molar-refractivity contribution is -0.150. The number of esters is 1. The molecular weight excluding hydrogens is 390 g/mol. The smallest absolute Gasteiger partial charge is 0.310 e. The van der Waals surface area contributed by atoms with Crippen LogP contribution < -0.4 is 14.8 Å². The lowest BCUT2D eigenvalue weighted by Crippen LogP contribution is -2.47. The van der Waals surface area contributed by atoms with Crippen LogP contribution in [0.25, 0.3) is 11.0 Å². The maximum Gasteiger partial charge on any atom is 0.310 e. The number of carbonyl (C=O) groups excluding carboxylic acids is 3. The molecule has 8 heteroatoms. The molecule has 1 atom stereocenters. The Hall–Kier alpha value is -3.81. The number of nitrogens with one attached hydrogen (secondary N) is 1. The molecule has 3 aromatic rings. The van der Waals surface area contributed by atoms with Gasteiger partial charge in [-0.25, -0.2) is 0 Å². The molecule has 2 aromatic carbocycles. The van der Waals surface area contributed by atoms with E-state index in [2.05, 4.69) is 5.32 Å². The maximum absolute atomic E-state index is 12.2. The fraction of sp³-hybridized carbons (Fsp3) is 0.227. The topological polar surface area (TPSA) is 104 Å². The Morgan fingerprint density at radius 3 is 2.77 bits per heavy atom. The molecule has 1 aliphatic heterocycles. The number of imide groups is 1. The van der Waals surface area contributed by atoms with E-state index in [0.29, 0.717) is 22.6 Å². The van der Waals surface area contributed by atoms with Crippen LogP contribution in [-0.4, -0.2) is 37.1 Å². The molecule has 0 saturated heterocycles. The van der Waals surface area contributed by atoms with Gasteiger partial charge in [-0.1, -0.05) is 24.3 Å². The van der Waals surface area contributed by atoms with Gasteiger partial charge in [0.25, 0.3) is 11.8 Å². The monoisotopic (exact) mass is 409 g/mol. The molecule has 4 rings (SSSR count). The Labute approximate surface area is 171 Å². The van der Waals surface area contributed by atoms with Crippen molar-refractivity contribution in [2.24, 2.45) is 0 Å². The summed E-state index contributed by atoms with van der Waals surface area (Å²) in [6.45, 7) is 1.34. The van der Waals surface area contributed by atoms with Crippen LogP contribution >= 0.6 is 0 Å². The van der Waals surface area contributed by atoms with E-state index in [9.17, 15) is 14.4 Å². The fourth-order valence-corrected chi connectivity index (χ4v) is 3.08. The Morgan fingerprint density at radius 1 is 1.13 bits per heavy atom. The summed E-state index contributed by atoms with van der Waals surface area (Å²) in [5.41, 5.74) is 2.39. The summed E-state index contributed by atoms with van der Waals surface area (Å²) in [5.74, 6) is -1.06. The summed E-state index contributed by atoms with van der Waals surface area (Å²) in [6.07, 6.45) is 0.473. The zero-order valence-corrected chi connectivity index (χ0v) is 16.2. The molecule has 0 saturated carbocycles. The quantitative estimate of drug-likeness (QED) is 0.645. The van der Waals surface area contributed by atoms with E-state index in [4.69, 9.17) is 18.6 Å². The first kappa shape index (κ1) is 19.5. The minimum absolute atomic E-state index is 0.0248. The molecule has 0 spiro atoms. The normalized spacial score (nSPS) is 14.9. The second-order valence-electron chi connectivity index (χ2n) is 6.87. The Balaban J connectivity index is 1.26. The highest BCUT2D eigenvalue weighted by Gasteiger charge is 2.28. The van der Waals surface area contributed by atoms with Gasteiger partial charge in [0.15, 0.2) is 18.1 Å². The highest BCUT2D eigenvalue weighted by atomic mass is 16.6. The third-order valence-electron chi connectivity index (χ3n) is 4.57. The molecule has 0 aliphatic carbocycles. The van der Waals surface area contributed by atoms with Crippen molar-refractivity contribution in [1.82, 2.24) is 5.32 Å². The first-order valence-electron chi connectivity index (χ1n) is 9.34. The minimum atomic E-state index is -0.972. The number of fused-ring (bicyclic) bond motifs is 2. The number of para-hydroxylation sites is 2. The average molecular weight is 409 g/mol. The van der Waals surface area contributed by atoms with E-state index in [-0.39, 0.29) is 13.0 Å². The molecular formula is C22H19NO7. The number of ether oxygens (including phenoxy) is 3. The lowest BCUT2D eigenvalue weighted by Gasteiger charge is -2.25. The Bertz CT molecular complexity index is 1120. The SMILES string of the molecule is Cc1ccc2c(CC(=O)OCC(=O)NC(=O)[C@H]3COc4ccccc4O3)coc2c1. The molecule has 154 valence electrons. The van der Waals surface area contributed by atoms with Gasteiger partial charge in [0.1, 0.15) is 12.2 Å². The third kappa shape index (κ3) is 4.27. The van der Waals surface area contributed by atoms with Gasteiger partial charge in [-0.15, -0.1) is 0 Å². The molecule has 2 heterocycles. The van der Waals surface area contributed by atoms with E-state index in [1.165, 1.54) is 6.26 Å². The Morgan fingerprint density at radius 2 is 1.93 bits per heavy atom. The lowest BCUT2D eigenvalue weighted by atomic mass is 10.1. The first-order valence-corrected chi connectivity index (χ1v) is 9.34. The summed E-state index contributed by atoms with van der Waals surface area (Å²) in [7, 11) is 0. The number of benzene rings is 2. The molecule has 0 radical (unpaired) electrons. The van der Waals surface area contributed by atoms with Crippen LogP contribution in [0.3, 0.4) is 0 Å². The van der Waals surface area contributed by atoms with Crippen LogP contribution in [0.1, 0.15) is 11.1 Å². The van der Waals surface area contributed by atoms with E-state index in [1.807, 2.05) is 25.1 Å². The van der Waals surface area contributed by atoms with Crippen LogP contribution in [0.15, 0.2) is 53.1 Å². The molecule has 2 amide bonds.